The van der Waals surface area contributed by atoms with Crippen molar-refractivity contribution in [3.8, 4) is 0 Å². The number of nitrogens with zero attached hydrogens (tertiary/aromatic N) is 1. The maximum Gasteiger partial charge on any atom is 0.0472 e. The number of halogens is 1. The van der Waals surface area contributed by atoms with Gasteiger partial charge in [-0.15, -0.1) is 0 Å². The van der Waals surface area contributed by atoms with Gasteiger partial charge in [-0.2, -0.15) is 0 Å². The summed E-state index contributed by atoms with van der Waals surface area (Å²) in [5.41, 5.74) is 3.36. The Labute approximate surface area is 127 Å². The quantitative estimate of drug-likeness (QED) is 0.567. The van der Waals surface area contributed by atoms with Gasteiger partial charge in [0.05, 0.1) is 0 Å². The Morgan fingerprint density at radius 3 is 2.80 bits per heavy atom. The van der Waals surface area contributed by atoms with Crippen LogP contribution in [0.1, 0.15) is 44.2 Å². The zero-order chi connectivity index (χ0) is 15.0. The molecule has 0 aliphatic carbocycles. The molecule has 1 unspecified atom stereocenters. The molecule has 0 saturated heterocycles. The molecule has 106 valence electrons. The molecule has 0 bridgehead atoms. The van der Waals surface area contributed by atoms with E-state index in [-0.39, 0.29) is 5.92 Å². The van der Waals surface area contributed by atoms with Crippen LogP contribution in [0.5, 0.6) is 0 Å². The molecule has 1 nitrogen and oxygen atoms in total. The highest BCUT2D eigenvalue weighted by Crippen LogP contribution is 2.26. The molecule has 1 aromatic carbocycles. The molecule has 0 amide bonds. The van der Waals surface area contributed by atoms with Crippen LogP contribution in [0.4, 0.5) is 0 Å². The van der Waals surface area contributed by atoms with E-state index in [1.807, 2.05) is 31.2 Å². The van der Waals surface area contributed by atoms with Crippen molar-refractivity contribution < 1.29 is 0 Å². The molecule has 1 atom stereocenters. The number of benzene rings is 1. The molecule has 1 aromatic rings. The summed E-state index contributed by atoms with van der Waals surface area (Å²) in [6.07, 6.45) is 10.9. The summed E-state index contributed by atoms with van der Waals surface area (Å²) in [6, 6.07) is 6.00. The maximum absolute atomic E-state index is 6.11. The van der Waals surface area contributed by atoms with Crippen molar-refractivity contribution in [2.75, 3.05) is 0 Å². The molecular formula is C18H22ClN. The minimum Gasteiger partial charge on any atom is -0.261 e. The van der Waals surface area contributed by atoms with E-state index in [4.69, 9.17) is 11.6 Å². The van der Waals surface area contributed by atoms with Crippen LogP contribution in [0.15, 0.2) is 54.2 Å². The summed E-state index contributed by atoms with van der Waals surface area (Å²) in [5, 5.41) is 0.755. The Kier molecular flexibility index (Phi) is 7.03. The van der Waals surface area contributed by atoms with Crippen molar-refractivity contribution in [2.24, 2.45) is 4.99 Å². The Balaban J connectivity index is 3.26. The molecule has 0 aliphatic heterocycles. The summed E-state index contributed by atoms with van der Waals surface area (Å²) < 4.78 is 0. The normalized spacial score (nSPS) is 14.1. The van der Waals surface area contributed by atoms with Crippen molar-refractivity contribution in [2.45, 2.75) is 33.1 Å². The second kappa shape index (κ2) is 8.55. The number of rotatable bonds is 6. The average Bonchev–Trinajstić information content (AvgIpc) is 2.44. The monoisotopic (exact) mass is 287 g/mol. The smallest absolute Gasteiger partial charge is 0.0472 e. The zero-order valence-electron chi connectivity index (χ0n) is 12.4. The van der Waals surface area contributed by atoms with Gasteiger partial charge in [-0.1, -0.05) is 56.3 Å². The Morgan fingerprint density at radius 2 is 2.20 bits per heavy atom. The molecule has 0 fully saturated rings. The molecule has 0 saturated carbocycles. The number of hydrogen-bond donors (Lipinski definition) is 0. The lowest BCUT2D eigenvalue weighted by atomic mass is 9.91. The van der Waals surface area contributed by atoms with Crippen molar-refractivity contribution in [1.29, 1.82) is 0 Å². The highest BCUT2D eigenvalue weighted by molar-refractivity contribution is 6.30. The molecular weight excluding hydrogens is 266 g/mol. The largest absolute Gasteiger partial charge is 0.261 e. The molecule has 0 spiro atoms. The van der Waals surface area contributed by atoms with Crippen LogP contribution in [-0.4, -0.2) is 5.71 Å². The first-order valence-electron chi connectivity index (χ1n) is 6.91. The summed E-state index contributed by atoms with van der Waals surface area (Å²) in [7, 11) is 0. The van der Waals surface area contributed by atoms with E-state index < -0.39 is 0 Å². The third-order valence-corrected chi connectivity index (χ3v) is 3.30. The lowest BCUT2D eigenvalue weighted by Gasteiger charge is -2.15. The summed E-state index contributed by atoms with van der Waals surface area (Å²) >= 11 is 6.11. The van der Waals surface area contributed by atoms with E-state index in [9.17, 15) is 0 Å². The standard InChI is InChI=1S/C18H22ClN/c1-5-8-10-15-13-16(19)11-12-17(15)14(4)18(9-6-2)20-7-3/h6-14H,3,5H2,1-2,4H3/b9-6-,10-8+,20-18?. The van der Waals surface area contributed by atoms with E-state index in [0.29, 0.717) is 0 Å². The fourth-order valence-electron chi connectivity index (χ4n) is 2.06. The van der Waals surface area contributed by atoms with Crippen LogP contribution in [0.3, 0.4) is 0 Å². The van der Waals surface area contributed by atoms with Crippen molar-refractivity contribution in [1.82, 2.24) is 0 Å². The van der Waals surface area contributed by atoms with E-state index in [0.717, 1.165) is 22.7 Å². The fraction of sp³-hybridized carbons (Fsp3) is 0.278. The van der Waals surface area contributed by atoms with Gasteiger partial charge in [0, 0.05) is 22.9 Å². The summed E-state index contributed by atoms with van der Waals surface area (Å²) in [4.78, 5) is 4.37. The molecule has 0 aliphatic rings. The van der Waals surface area contributed by atoms with E-state index >= 15 is 0 Å². The highest BCUT2D eigenvalue weighted by Gasteiger charge is 2.13. The third-order valence-electron chi connectivity index (χ3n) is 3.07. The lowest BCUT2D eigenvalue weighted by Crippen LogP contribution is -2.08. The van der Waals surface area contributed by atoms with Gasteiger partial charge >= 0.3 is 0 Å². The second-order valence-corrected chi connectivity index (χ2v) is 4.98. The fourth-order valence-corrected chi connectivity index (χ4v) is 2.24. The van der Waals surface area contributed by atoms with Gasteiger partial charge in [0.2, 0.25) is 0 Å². The van der Waals surface area contributed by atoms with E-state index in [1.165, 1.54) is 5.56 Å². The second-order valence-electron chi connectivity index (χ2n) is 4.54. The zero-order valence-corrected chi connectivity index (χ0v) is 13.2. The molecule has 0 aromatic heterocycles. The van der Waals surface area contributed by atoms with Crippen molar-refractivity contribution in [3.63, 3.8) is 0 Å². The van der Waals surface area contributed by atoms with Gasteiger partial charge in [0.15, 0.2) is 0 Å². The first-order chi connectivity index (χ1) is 9.63. The van der Waals surface area contributed by atoms with Crippen molar-refractivity contribution in [3.05, 3.63) is 65.4 Å². The first kappa shape index (κ1) is 16.5. The van der Waals surface area contributed by atoms with Crippen LogP contribution < -0.4 is 0 Å². The first-order valence-corrected chi connectivity index (χ1v) is 7.29. The van der Waals surface area contributed by atoms with Crippen LogP contribution in [-0.2, 0) is 0 Å². The molecule has 1 rings (SSSR count). The third kappa shape index (κ3) is 4.50. The minimum atomic E-state index is 0.193. The van der Waals surface area contributed by atoms with Crippen LogP contribution in [0.2, 0.25) is 5.02 Å². The van der Waals surface area contributed by atoms with E-state index in [2.05, 4.69) is 43.6 Å². The number of allylic oxidation sites excluding steroid dienone is 3. The van der Waals surface area contributed by atoms with Gasteiger partial charge in [0.25, 0.3) is 0 Å². The van der Waals surface area contributed by atoms with Crippen molar-refractivity contribution >= 4 is 23.4 Å². The SMILES string of the molecule is C=CN=C(/C=C\C)C(C)c1ccc(Cl)cc1/C=C/CC. The average molecular weight is 288 g/mol. The van der Waals surface area contributed by atoms with Gasteiger partial charge in [-0.05, 0) is 42.7 Å². The molecule has 0 radical (unpaired) electrons. The Morgan fingerprint density at radius 1 is 1.45 bits per heavy atom. The topological polar surface area (TPSA) is 12.4 Å². The predicted octanol–water partition coefficient (Wildman–Crippen LogP) is 6.03. The summed E-state index contributed by atoms with van der Waals surface area (Å²) in [5.74, 6) is 0.193. The predicted molar refractivity (Wildman–Crippen MR) is 91.6 cm³/mol. The van der Waals surface area contributed by atoms with Crippen LogP contribution in [0, 0.1) is 0 Å². The minimum absolute atomic E-state index is 0.193. The maximum atomic E-state index is 6.11. The molecule has 0 N–H and O–H groups in total. The Hall–Kier alpha value is -1.60. The van der Waals surface area contributed by atoms with Gasteiger partial charge in [0.1, 0.15) is 0 Å². The number of aliphatic imine (C=N–C) groups is 1. The summed E-state index contributed by atoms with van der Waals surface area (Å²) in [6.45, 7) is 9.95. The van der Waals surface area contributed by atoms with E-state index in [1.54, 1.807) is 6.20 Å². The van der Waals surface area contributed by atoms with Gasteiger partial charge in [-0.3, -0.25) is 4.99 Å². The lowest BCUT2D eigenvalue weighted by molar-refractivity contribution is 1.02. The van der Waals surface area contributed by atoms with Gasteiger partial charge in [-0.25, -0.2) is 0 Å². The van der Waals surface area contributed by atoms with Gasteiger partial charge < -0.3 is 0 Å². The highest BCUT2D eigenvalue weighted by atomic mass is 35.5. The van der Waals surface area contributed by atoms with Crippen LogP contribution >= 0.6 is 11.6 Å². The molecule has 2 heteroatoms. The number of hydrogen-bond acceptors (Lipinski definition) is 1. The molecule has 0 heterocycles. The molecule has 20 heavy (non-hydrogen) atoms. The Bertz CT molecular complexity index is 538. The van der Waals surface area contributed by atoms with Crippen LogP contribution in [0.25, 0.3) is 6.08 Å².